The molecule has 4 rings (SSSR count). The number of H-pyrrole nitrogens is 1. The van der Waals surface area contributed by atoms with Crippen LogP contribution in [0.3, 0.4) is 0 Å². The Kier molecular flexibility index (Phi) is 5.79. The Balaban J connectivity index is 1.35. The van der Waals surface area contributed by atoms with Gasteiger partial charge in [0.1, 0.15) is 0 Å². The van der Waals surface area contributed by atoms with Crippen LogP contribution in [0.2, 0.25) is 0 Å². The molecule has 146 valence electrons. The van der Waals surface area contributed by atoms with Gasteiger partial charge >= 0.3 is 0 Å². The van der Waals surface area contributed by atoms with E-state index < -0.39 is 0 Å². The number of nitrogens with zero attached hydrogens (tertiary/aromatic N) is 4. The average molecular weight is 368 g/mol. The summed E-state index contributed by atoms with van der Waals surface area (Å²) in [6, 6.07) is 12.3. The third-order valence-corrected chi connectivity index (χ3v) is 6.30. The molecule has 2 aliphatic rings. The number of rotatable bonds is 4. The molecule has 0 unspecified atom stereocenters. The highest BCUT2D eigenvalue weighted by atomic mass is 15.3. The molecule has 2 aromatic rings. The van der Waals surface area contributed by atoms with E-state index in [-0.39, 0.29) is 0 Å². The van der Waals surface area contributed by atoms with Crippen LogP contribution in [0.1, 0.15) is 33.1 Å². The summed E-state index contributed by atoms with van der Waals surface area (Å²) in [5.74, 6) is 0. The summed E-state index contributed by atoms with van der Waals surface area (Å²) in [5, 5.41) is 7.15. The van der Waals surface area contributed by atoms with Crippen molar-refractivity contribution in [3.05, 3.63) is 36.5 Å². The van der Waals surface area contributed by atoms with Crippen molar-refractivity contribution < 1.29 is 0 Å². The van der Waals surface area contributed by atoms with Crippen LogP contribution in [-0.4, -0.2) is 71.3 Å². The molecule has 3 heterocycles. The van der Waals surface area contributed by atoms with Gasteiger partial charge in [0.2, 0.25) is 0 Å². The quantitative estimate of drug-likeness (QED) is 0.898. The second-order valence-electron chi connectivity index (χ2n) is 8.26. The fourth-order valence-corrected chi connectivity index (χ4v) is 4.61. The third-order valence-electron chi connectivity index (χ3n) is 6.30. The zero-order valence-corrected chi connectivity index (χ0v) is 16.8. The molecule has 5 heteroatoms. The van der Waals surface area contributed by atoms with E-state index in [0.29, 0.717) is 6.04 Å². The lowest BCUT2D eigenvalue weighted by molar-refractivity contribution is 0.165. The highest BCUT2D eigenvalue weighted by Gasteiger charge is 2.27. The summed E-state index contributed by atoms with van der Waals surface area (Å²) in [5.41, 5.74) is 3.64. The summed E-state index contributed by atoms with van der Waals surface area (Å²) < 4.78 is 0. The van der Waals surface area contributed by atoms with E-state index in [1.54, 1.807) is 0 Å². The van der Waals surface area contributed by atoms with Crippen LogP contribution in [0.25, 0.3) is 11.3 Å². The summed E-state index contributed by atoms with van der Waals surface area (Å²) in [4.78, 5) is 7.95. The lowest BCUT2D eigenvalue weighted by Gasteiger charge is -2.39. The number of benzene rings is 1. The predicted octanol–water partition coefficient (Wildman–Crippen LogP) is 3.46. The molecule has 0 radical (unpaired) electrons. The standard InChI is InChI=1S/C22H33N5/c1-18(2)25-11-4-12-26(16-15-25)20-8-13-27(14-9-20)21-6-3-5-19(17-21)22-7-10-23-24-22/h3,5-7,10,17-18,20H,4,8-9,11-16H2,1-2H3,(H,23,24). The molecule has 2 fully saturated rings. The van der Waals surface area contributed by atoms with E-state index in [2.05, 4.69) is 63.0 Å². The van der Waals surface area contributed by atoms with Crippen molar-refractivity contribution in [2.45, 2.75) is 45.2 Å². The Labute approximate surface area is 163 Å². The van der Waals surface area contributed by atoms with Gasteiger partial charge in [0.15, 0.2) is 0 Å². The second-order valence-corrected chi connectivity index (χ2v) is 8.26. The molecule has 0 amide bonds. The van der Waals surface area contributed by atoms with Gasteiger partial charge in [0, 0.05) is 55.7 Å². The van der Waals surface area contributed by atoms with Crippen LogP contribution in [0, 0.1) is 0 Å². The van der Waals surface area contributed by atoms with E-state index >= 15 is 0 Å². The zero-order valence-electron chi connectivity index (χ0n) is 16.8. The Morgan fingerprint density at radius 2 is 1.85 bits per heavy atom. The summed E-state index contributed by atoms with van der Waals surface area (Å²) in [7, 11) is 0. The summed E-state index contributed by atoms with van der Waals surface area (Å²) in [6.45, 7) is 11.9. The minimum absolute atomic E-state index is 0.675. The summed E-state index contributed by atoms with van der Waals surface area (Å²) in [6.07, 6.45) is 5.67. The van der Waals surface area contributed by atoms with Crippen molar-refractivity contribution in [1.29, 1.82) is 0 Å². The average Bonchev–Trinajstić information content (AvgIpc) is 3.12. The maximum absolute atomic E-state index is 4.08. The van der Waals surface area contributed by atoms with E-state index in [4.69, 9.17) is 0 Å². The monoisotopic (exact) mass is 367 g/mol. The van der Waals surface area contributed by atoms with E-state index in [9.17, 15) is 0 Å². The molecule has 0 spiro atoms. The first-order chi connectivity index (χ1) is 13.2. The van der Waals surface area contributed by atoms with Gasteiger partial charge in [0.05, 0.1) is 5.69 Å². The Bertz CT molecular complexity index is 703. The lowest BCUT2D eigenvalue weighted by atomic mass is 10.0. The molecule has 0 atom stereocenters. The van der Waals surface area contributed by atoms with Crippen molar-refractivity contribution in [3.8, 4) is 11.3 Å². The van der Waals surface area contributed by atoms with Crippen molar-refractivity contribution in [2.24, 2.45) is 0 Å². The van der Waals surface area contributed by atoms with Crippen LogP contribution < -0.4 is 4.90 Å². The van der Waals surface area contributed by atoms with Crippen molar-refractivity contribution in [2.75, 3.05) is 44.2 Å². The number of anilines is 1. The van der Waals surface area contributed by atoms with Gasteiger partial charge in [0.25, 0.3) is 0 Å². The van der Waals surface area contributed by atoms with E-state index in [1.165, 1.54) is 56.7 Å². The lowest BCUT2D eigenvalue weighted by Crippen LogP contribution is -2.46. The van der Waals surface area contributed by atoms with Gasteiger partial charge in [-0.2, -0.15) is 5.10 Å². The number of nitrogens with one attached hydrogen (secondary N) is 1. The Morgan fingerprint density at radius 1 is 1.00 bits per heavy atom. The number of aromatic amines is 1. The normalized spacial score (nSPS) is 20.9. The van der Waals surface area contributed by atoms with Gasteiger partial charge in [-0.3, -0.25) is 14.9 Å². The van der Waals surface area contributed by atoms with Gasteiger partial charge in [-0.15, -0.1) is 0 Å². The van der Waals surface area contributed by atoms with Gasteiger partial charge < -0.3 is 4.90 Å². The third kappa shape index (κ3) is 4.36. The molecular weight excluding hydrogens is 334 g/mol. The molecule has 5 nitrogen and oxygen atoms in total. The first kappa shape index (κ1) is 18.5. The number of piperidine rings is 1. The van der Waals surface area contributed by atoms with Gasteiger partial charge in [-0.1, -0.05) is 12.1 Å². The Morgan fingerprint density at radius 3 is 2.59 bits per heavy atom. The first-order valence-corrected chi connectivity index (χ1v) is 10.5. The highest BCUT2D eigenvalue weighted by Crippen LogP contribution is 2.27. The molecule has 2 aliphatic heterocycles. The Hall–Kier alpha value is -1.85. The molecule has 0 saturated carbocycles. The maximum Gasteiger partial charge on any atom is 0.0650 e. The molecular formula is C22H33N5. The molecule has 1 aromatic carbocycles. The van der Waals surface area contributed by atoms with Crippen LogP contribution in [0.5, 0.6) is 0 Å². The number of aromatic nitrogens is 2. The van der Waals surface area contributed by atoms with E-state index in [1.807, 2.05) is 12.3 Å². The fraction of sp³-hybridized carbons (Fsp3) is 0.591. The van der Waals surface area contributed by atoms with E-state index in [0.717, 1.165) is 24.8 Å². The largest absolute Gasteiger partial charge is 0.371 e. The predicted molar refractivity (Wildman–Crippen MR) is 112 cm³/mol. The second kappa shape index (κ2) is 8.44. The maximum atomic E-state index is 4.08. The van der Waals surface area contributed by atoms with Crippen LogP contribution in [0.4, 0.5) is 5.69 Å². The molecule has 1 aromatic heterocycles. The fourth-order valence-electron chi connectivity index (χ4n) is 4.61. The van der Waals surface area contributed by atoms with Crippen LogP contribution >= 0.6 is 0 Å². The molecule has 2 saturated heterocycles. The zero-order chi connectivity index (χ0) is 18.6. The van der Waals surface area contributed by atoms with Crippen molar-refractivity contribution in [3.63, 3.8) is 0 Å². The summed E-state index contributed by atoms with van der Waals surface area (Å²) >= 11 is 0. The molecule has 0 aliphatic carbocycles. The van der Waals surface area contributed by atoms with Crippen molar-refractivity contribution >= 4 is 5.69 Å². The van der Waals surface area contributed by atoms with Crippen LogP contribution in [0.15, 0.2) is 36.5 Å². The number of hydrogen-bond donors (Lipinski definition) is 1. The molecule has 27 heavy (non-hydrogen) atoms. The first-order valence-electron chi connectivity index (χ1n) is 10.5. The smallest absolute Gasteiger partial charge is 0.0650 e. The number of hydrogen-bond acceptors (Lipinski definition) is 4. The molecule has 0 bridgehead atoms. The topological polar surface area (TPSA) is 38.4 Å². The molecule has 1 N–H and O–H groups in total. The highest BCUT2D eigenvalue weighted by molar-refractivity contribution is 5.65. The minimum Gasteiger partial charge on any atom is -0.371 e. The van der Waals surface area contributed by atoms with Gasteiger partial charge in [-0.05, 0) is 64.4 Å². The van der Waals surface area contributed by atoms with Crippen LogP contribution in [-0.2, 0) is 0 Å². The van der Waals surface area contributed by atoms with Gasteiger partial charge in [-0.25, -0.2) is 0 Å². The SMILES string of the molecule is CC(C)N1CCCN(C2CCN(c3cccc(-c4ccn[nH]4)c3)CC2)CC1. The minimum atomic E-state index is 0.675. The van der Waals surface area contributed by atoms with Crippen molar-refractivity contribution in [1.82, 2.24) is 20.0 Å².